The van der Waals surface area contributed by atoms with Gasteiger partial charge in [0.15, 0.2) is 0 Å². The molecule has 1 fully saturated rings. The van der Waals surface area contributed by atoms with Crippen LogP contribution in [0.4, 0.5) is 5.69 Å². The first-order chi connectivity index (χ1) is 10.4. The van der Waals surface area contributed by atoms with Gasteiger partial charge in [-0.05, 0) is 30.4 Å². The molecule has 0 aromatic heterocycles. The number of carbonyl (C=O) groups is 2. The van der Waals surface area contributed by atoms with Crippen LogP contribution in [0.1, 0.15) is 26.7 Å². The number of hydrogen-bond acceptors (Lipinski definition) is 3. The van der Waals surface area contributed by atoms with Crippen LogP contribution in [0.2, 0.25) is 0 Å². The van der Waals surface area contributed by atoms with Crippen LogP contribution in [0.25, 0.3) is 0 Å². The van der Waals surface area contributed by atoms with E-state index in [1.807, 2.05) is 35.2 Å². The summed E-state index contributed by atoms with van der Waals surface area (Å²) in [6.45, 7) is 5.80. The van der Waals surface area contributed by atoms with Crippen molar-refractivity contribution in [3.8, 4) is 0 Å². The summed E-state index contributed by atoms with van der Waals surface area (Å²) < 4.78 is 0. The van der Waals surface area contributed by atoms with E-state index >= 15 is 0 Å². The molecule has 2 N–H and O–H groups in total. The minimum absolute atomic E-state index is 0.0153. The molecule has 5 heteroatoms. The largest absolute Gasteiger partial charge is 0.341 e. The van der Waals surface area contributed by atoms with Crippen LogP contribution in [0.3, 0.4) is 0 Å². The molecule has 1 aromatic rings. The molecule has 120 valence electrons. The maximum absolute atomic E-state index is 12.6. The first-order valence-corrected chi connectivity index (χ1v) is 7.76. The van der Waals surface area contributed by atoms with Crippen molar-refractivity contribution in [2.24, 2.45) is 11.1 Å². The lowest BCUT2D eigenvalue weighted by Gasteiger charge is -2.38. The van der Waals surface area contributed by atoms with Crippen molar-refractivity contribution in [1.82, 2.24) is 4.90 Å². The Kier molecular flexibility index (Phi) is 5.19. The smallest absolute Gasteiger partial charge is 0.242 e. The van der Waals surface area contributed by atoms with Gasteiger partial charge in [-0.25, -0.2) is 0 Å². The van der Waals surface area contributed by atoms with E-state index in [-0.39, 0.29) is 30.3 Å². The lowest BCUT2D eigenvalue weighted by molar-refractivity contribution is -0.134. The third-order valence-electron chi connectivity index (χ3n) is 4.09. The molecule has 2 rings (SSSR count). The Morgan fingerprint density at radius 1 is 1.27 bits per heavy atom. The van der Waals surface area contributed by atoms with E-state index in [9.17, 15) is 9.59 Å². The zero-order valence-corrected chi connectivity index (χ0v) is 13.4. The predicted molar refractivity (Wildman–Crippen MR) is 87.4 cm³/mol. The van der Waals surface area contributed by atoms with E-state index in [4.69, 9.17) is 5.73 Å². The second kappa shape index (κ2) is 6.92. The zero-order chi connectivity index (χ0) is 16.2. The van der Waals surface area contributed by atoms with E-state index in [0.29, 0.717) is 5.69 Å². The molecule has 22 heavy (non-hydrogen) atoms. The summed E-state index contributed by atoms with van der Waals surface area (Å²) in [7, 11) is 0. The predicted octanol–water partition coefficient (Wildman–Crippen LogP) is 1.63. The molecular weight excluding hydrogens is 278 g/mol. The number of piperidine rings is 1. The summed E-state index contributed by atoms with van der Waals surface area (Å²) in [6.07, 6.45) is 2.13. The van der Waals surface area contributed by atoms with Crippen LogP contribution in [-0.2, 0) is 9.59 Å². The number of benzene rings is 1. The topological polar surface area (TPSA) is 66.6 Å². The number of carbonyl (C=O) groups excluding carboxylic acids is 2. The molecule has 0 unspecified atom stereocenters. The third-order valence-corrected chi connectivity index (χ3v) is 4.09. The first-order valence-electron chi connectivity index (χ1n) is 7.76. The van der Waals surface area contributed by atoms with E-state index in [2.05, 4.69) is 13.8 Å². The van der Waals surface area contributed by atoms with Crippen molar-refractivity contribution in [2.75, 3.05) is 31.1 Å². The fraction of sp³-hybridized carbons (Fsp3) is 0.529. The SMILES string of the molecule is CC1(C)CCCN(C(=O)CN(C(=O)CN)c2ccccc2)C1. The molecule has 1 aliphatic rings. The van der Waals surface area contributed by atoms with Gasteiger partial charge in [0.2, 0.25) is 11.8 Å². The third kappa shape index (κ3) is 4.07. The van der Waals surface area contributed by atoms with Crippen molar-refractivity contribution in [3.63, 3.8) is 0 Å². The number of rotatable bonds is 4. The number of nitrogens with two attached hydrogens (primary N) is 1. The summed E-state index contributed by atoms with van der Waals surface area (Å²) in [6, 6.07) is 9.22. The highest BCUT2D eigenvalue weighted by Gasteiger charge is 2.30. The van der Waals surface area contributed by atoms with Crippen LogP contribution in [0.5, 0.6) is 0 Å². The summed E-state index contributed by atoms with van der Waals surface area (Å²) >= 11 is 0. The van der Waals surface area contributed by atoms with Gasteiger partial charge in [-0.2, -0.15) is 0 Å². The molecule has 0 bridgehead atoms. The van der Waals surface area contributed by atoms with E-state index in [1.54, 1.807) is 0 Å². The molecule has 2 amide bonds. The van der Waals surface area contributed by atoms with Crippen LogP contribution < -0.4 is 10.6 Å². The number of anilines is 1. The number of para-hydroxylation sites is 1. The number of likely N-dealkylation sites (tertiary alicyclic amines) is 1. The van der Waals surface area contributed by atoms with E-state index in [0.717, 1.165) is 25.9 Å². The maximum Gasteiger partial charge on any atom is 0.242 e. The molecule has 5 nitrogen and oxygen atoms in total. The number of amides is 2. The molecule has 0 aliphatic carbocycles. The van der Waals surface area contributed by atoms with Gasteiger partial charge in [0, 0.05) is 18.8 Å². The molecule has 1 aromatic carbocycles. The summed E-state index contributed by atoms with van der Waals surface area (Å²) in [4.78, 5) is 28.0. The monoisotopic (exact) mass is 303 g/mol. The van der Waals surface area contributed by atoms with Gasteiger partial charge in [-0.1, -0.05) is 32.0 Å². The normalized spacial score (nSPS) is 17.1. The van der Waals surface area contributed by atoms with Gasteiger partial charge in [0.1, 0.15) is 6.54 Å². The summed E-state index contributed by atoms with van der Waals surface area (Å²) in [5.41, 5.74) is 6.34. The fourth-order valence-electron chi connectivity index (χ4n) is 2.91. The quantitative estimate of drug-likeness (QED) is 0.919. The van der Waals surface area contributed by atoms with Gasteiger partial charge in [-0.15, -0.1) is 0 Å². The average Bonchev–Trinajstić information content (AvgIpc) is 2.51. The number of nitrogens with zero attached hydrogens (tertiary/aromatic N) is 2. The Bertz CT molecular complexity index is 528. The zero-order valence-electron chi connectivity index (χ0n) is 13.4. The van der Waals surface area contributed by atoms with Crippen molar-refractivity contribution >= 4 is 17.5 Å². The van der Waals surface area contributed by atoms with Gasteiger partial charge < -0.3 is 15.5 Å². The Labute approximate surface area is 132 Å². The molecule has 1 saturated heterocycles. The first kappa shape index (κ1) is 16.5. The van der Waals surface area contributed by atoms with Gasteiger partial charge in [0.25, 0.3) is 0 Å². The van der Waals surface area contributed by atoms with E-state index < -0.39 is 0 Å². The Balaban J connectivity index is 2.10. The van der Waals surface area contributed by atoms with Crippen molar-refractivity contribution in [2.45, 2.75) is 26.7 Å². The average molecular weight is 303 g/mol. The molecule has 0 saturated carbocycles. The summed E-state index contributed by atoms with van der Waals surface area (Å²) in [5.74, 6) is -0.255. The highest BCUT2D eigenvalue weighted by molar-refractivity contribution is 5.99. The Morgan fingerprint density at radius 2 is 1.95 bits per heavy atom. The summed E-state index contributed by atoms with van der Waals surface area (Å²) in [5, 5.41) is 0. The van der Waals surface area contributed by atoms with Crippen LogP contribution in [0, 0.1) is 5.41 Å². The molecular formula is C17H25N3O2. The standard InChI is InChI=1S/C17H25N3O2/c1-17(2)9-6-10-19(13-17)16(22)12-20(15(21)11-18)14-7-4-3-5-8-14/h3-5,7-8H,6,9-13,18H2,1-2H3. The Morgan fingerprint density at radius 3 is 2.55 bits per heavy atom. The molecule has 0 atom stereocenters. The van der Waals surface area contributed by atoms with Gasteiger partial charge >= 0.3 is 0 Å². The highest BCUT2D eigenvalue weighted by Crippen LogP contribution is 2.28. The second-order valence-electron chi connectivity index (χ2n) is 6.60. The molecule has 1 aliphatic heterocycles. The lowest BCUT2D eigenvalue weighted by Crippen LogP contribution is -2.49. The fourth-order valence-corrected chi connectivity index (χ4v) is 2.91. The second-order valence-corrected chi connectivity index (χ2v) is 6.60. The van der Waals surface area contributed by atoms with Gasteiger partial charge in [0.05, 0.1) is 6.54 Å². The molecule has 0 radical (unpaired) electrons. The maximum atomic E-state index is 12.6. The minimum atomic E-state index is -0.240. The van der Waals surface area contributed by atoms with Gasteiger partial charge in [-0.3, -0.25) is 9.59 Å². The van der Waals surface area contributed by atoms with E-state index in [1.165, 1.54) is 4.90 Å². The molecule has 0 spiro atoms. The van der Waals surface area contributed by atoms with Crippen LogP contribution >= 0.6 is 0 Å². The lowest BCUT2D eigenvalue weighted by atomic mass is 9.84. The highest BCUT2D eigenvalue weighted by atomic mass is 16.2. The Hall–Kier alpha value is -1.88. The van der Waals surface area contributed by atoms with Crippen molar-refractivity contribution < 1.29 is 9.59 Å². The number of hydrogen-bond donors (Lipinski definition) is 1. The van der Waals surface area contributed by atoms with Crippen molar-refractivity contribution in [3.05, 3.63) is 30.3 Å². The van der Waals surface area contributed by atoms with Crippen LogP contribution in [0.15, 0.2) is 30.3 Å². The minimum Gasteiger partial charge on any atom is -0.341 e. The van der Waals surface area contributed by atoms with Crippen molar-refractivity contribution in [1.29, 1.82) is 0 Å². The molecule has 1 heterocycles. The van der Waals surface area contributed by atoms with Crippen LogP contribution in [-0.4, -0.2) is 42.9 Å².